The van der Waals surface area contributed by atoms with Crippen molar-refractivity contribution in [2.24, 2.45) is 5.92 Å². The zero-order valence-corrected chi connectivity index (χ0v) is 15.7. The van der Waals surface area contributed by atoms with Crippen LogP contribution in [0.25, 0.3) is 0 Å². The average molecular weight is 370 g/mol. The number of hydrogen-bond donors (Lipinski definition) is 1. The molecule has 1 saturated carbocycles. The maximum Gasteiger partial charge on any atom is 0.321 e. The summed E-state index contributed by atoms with van der Waals surface area (Å²) in [5.74, 6) is 3.26. The Labute approximate surface area is 159 Å². The third-order valence-corrected chi connectivity index (χ3v) is 5.19. The van der Waals surface area contributed by atoms with Crippen molar-refractivity contribution in [1.29, 1.82) is 0 Å². The van der Waals surface area contributed by atoms with E-state index in [0.717, 1.165) is 44.1 Å². The second kappa shape index (κ2) is 7.98. The first-order chi connectivity index (χ1) is 13.2. The van der Waals surface area contributed by atoms with Crippen LogP contribution in [0, 0.1) is 5.92 Å². The largest absolute Gasteiger partial charge is 0.492 e. The molecule has 7 heteroatoms. The molecule has 1 aromatic heterocycles. The molecule has 144 valence electrons. The monoisotopic (exact) mass is 370 g/mol. The van der Waals surface area contributed by atoms with E-state index in [9.17, 15) is 4.79 Å². The third-order valence-electron chi connectivity index (χ3n) is 5.19. The van der Waals surface area contributed by atoms with E-state index in [1.807, 2.05) is 36.1 Å². The molecule has 1 N–H and O–H groups in total. The second-order valence-corrected chi connectivity index (χ2v) is 7.32. The van der Waals surface area contributed by atoms with Crippen molar-refractivity contribution in [2.45, 2.75) is 44.9 Å². The molecule has 2 fully saturated rings. The van der Waals surface area contributed by atoms with Crippen molar-refractivity contribution < 1.29 is 14.1 Å². The van der Waals surface area contributed by atoms with Gasteiger partial charge in [0.15, 0.2) is 5.82 Å². The highest BCUT2D eigenvalue weighted by atomic mass is 16.5. The number of para-hydroxylation sites is 2. The molecule has 1 unspecified atom stereocenters. The number of aromatic nitrogens is 2. The summed E-state index contributed by atoms with van der Waals surface area (Å²) in [5, 5.41) is 7.06. The highest BCUT2D eigenvalue weighted by molar-refractivity contribution is 5.91. The molecule has 2 amide bonds. The standard InChI is InChI=1S/C20H26N4O3/c1-2-26-17-6-4-3-5-16(17)21-20(25)24-12-11-14(13-24)7-10-18-22-19(27-23-18)15-8-9-15/h3-6,14-15H,2,7-13H2,1H3,(H,21,25). The van der Waals surface area contributed by atoms with E-state index >= 15 is 0 Å². The van der Waals surface area contributed by atoms with Crippen LogP contribution in [0.4, 0.5) is 10.5 Å². The molecule has 7 nitrogen and oxygen atoms in total. The summed E-state index contributed by atoms with van der Waals surface area (Å²) in [6.45, 7) is 4.03. The van der Waals surface area contributed by atoms with E-state index in [2.05, 4.69) is 15.5 Å². The molecule has 2 aromatic rings. The Balaban J connectivity index is 1.26. The molecule has 0 radical (unpaired) electrons. The fourth-order valence-electron chi connectivity index (χ4n) is 3.50. The third kappa shape index (κ3) is 4.40. The molecular formula is C20H26N4O3. The van der Waals surface area contributed by atoms with E-state index < -0.39 is 0 Å². The van der Waals surface area contributed by atoms with E-state index in [1.165, 1.54) is 12.8 Å². The topological polar surface area (TPSA) is 80.5 Å². The van der Waals surface area contributed by atoms with Crippen LogP contribution in [0.15, 0.2) is 28.8 Å². The van der Waals surface area contributed by atoms with Gasteiger partial charge in [0.1, 0.15) is 5.75 Å². The molecule has 1 atom stereocenters. The Hall–Kier alpha value is -2.57. The predicted octanol–water partition coefficient (Wildman–Crippen LogP) is 3.83. The van der Waals surface area contributed by atoms with Gasteiger partial charge in [-0.15, -0.1) is 0 Å². The normalized spacial score (nSPS) is 19.3. The first-order valence-electron chi connectivity index (χ1n) is 9.83. The number of hydrogen-bond acceptors (Lipinski definition) is 5. The number of urea groups is 1. The van der Waals surface area contributed by atoms with Gasteiger partial charge in [-0.25, -0.2) is 4.79 Å². The number of aryl methyl sites for hydroxylation is 1. The quantitative estimate of drug-likeness (QED) is 0.801. The van der Waals surface area contributed by atoms with Crippen LogP contribution in [0.1, 0.15) is 50.2 Å². The van der Waals surface area contributed by atoms with Crippen LogP contribution in [0.3, 0.4) is 0 Å². The molecule has 2 heterocycles. The highest BCUT2D eigenvalue weighted by Crippen LogP contribution is 2.39. The van der Waals surface area contributed by atoms with E-state index in [1.54, 1.807) is 0 Å². The predicted molar refractivity (Wildman–Crippen MR) is 101 cm³/mol. The number of ether oxygens (including phenoxy) is 1. The number of benzene rings is 1. The average Bonchev–Trinajstić information content (AvgIpc) is 3.23. The van der Waals surface area contributed by atoms with Gasteiger partial charge >= 0.3 is 6.03 Å². The van der Waals surface area contributed by atoms with Crippen molar-refractivity contribution in [3.63, 3.8) is 0 Å². The first kappa shape index (κ1) is 17.8. The summed E-state index contributed by atoms with van der Waals surface area (Å²) in [5.41, 5.74) is 0.715. The summed E-state index contributed by atoms with van der Waals surface area (Å²) in [7, 11) is 0. The minimum atomic E-state index is -0.0692. The summed E-state index contributed by atoms with van der Waals surface area (Å²) < 4.78 is 10.9. The van der Waals surface area contributed by atoms with Gasteiger partial charge in [0.2, 0.25) is 5.89 Å². The van der Waals surface area contributed by atoms with Gasteiger partial charge < -0.3 is 19.5 Å². The zero-order valence-electron chi connectivity index (χ0n) is 15.7. The number of carbonyl (C=O) groups excluding carboxylic acids is 1. The van der Waals surface area contributed by atoms with Gasteiger partial charge in [-0.1, -0.05) is 17.3 Å². The van der Waals surface area contributed by atoms with E-state index in [4.69, 9.17) is 9.26 Å². The van der Waals surface area contributed by atoms with Crippen molar-refractivity contribution >= 4 is 11.7 Å². The minimum Gasteiger partial charge on any atom is -0.492 e. The maximum absolute atomic E-state index is 12.6. The SMILES string of the molecule is CCOc1ccccc1NC(=O)N1CCC(CCc2noc(C3CC3)n2)C1. The second-order valence-electron chi connectivity index (χ2n) is 7.32. The molecule has 2 aliphatic rings. The van der Waals surface area contributed by atoms with Crippen molar-refractivity contribution in [3.8, 4) is 5.75 Å². The molecule has 1 aliphatic heterocycles. The lowest BCUT2D eigenvalue weighted by Gasteiger charge is -2.18. The van der Waals surface area contributed by atoms with Crippen LogP contribution in [0.2, 0.25) is 0 Å². The van der Waals surface area contributed by atoms with Crippen molar-refractivity contribution in [1.82, 2.24) is 15.0 Å². The van der Waals surface area contributed by atoms with Crippen LogP contribution in [-0.4, -0.2) is 40.8 Å². The fourth-order valence-corrected chi connectivity index (χ4v) is 3.50. The number of anilines is 1. The first-order valence-corrected chi connectivity index (χ1v) is 9.83. The lowest BCUT2D eigenvalue weighted by atomic mass is 10.0. The summed E-state index contributed by atoms with van der Waals surface area (Å²) in [6, 6.07) is 7.46. The lowest BCUT2D eigenvalue weighted by Crippen LogP contribution is -2.33. The number of nitrogens with one attached hydrogen (secondary N) is 1. The molecule has 0 spiro atoms. The number of carbonyl (C=O) groups is 1. The highest BCUT2D eigenvalue weighted by Gasteiger charge is 2.30. The Kier molecular flexibility index (Phi) is 5.27. The minimum absolute atomic E-state index is 0.0692. The van der Waals surface area contributed by atoms with Crippen LogP contribution >= 0.6 is 0 Å². The van der Waals surface area contributed by atoms with Gasteiger partial charge in [-0.2, -0.15) is 4.98 Å². The van der Waals surface area contributed by atoms with Gasteiger partial charge in [0.05, 0.1) is 12.3 Å². The van der Waals surface area contributed by atoms with Gasteiger partial charge in [-0.05, 0) is 50.7 Å². The summed E-state index contributed by atoms with van der Waals surface area (Å²) in [4.78, 5) is 19.0. The molecule has 1 saturated heterocycles. The van der Waals surface area contributed by atoms with Crippen LogP contribution in [-0.2, 0) is 6.42 Å². The van der Waals surface area contributed by atoms with E-state index in [0.29, 0.717) is 29.9 Å². The molecule has 1 aliphatic carbocycles. The molecular weight excluding hydrogens is 344 g/mol. The Morgan fingerprint density at radius 3 is 3.00 bits per heavy atom. The number of amides is 2. The lowest BCUT2D eigenvalue weighted by molar-refractivity contribution is 0.220. The Bertz CT molecular complexity index is 787. The molecule has 0 bridgehead atoms. The van der Waals surface area contributed by atoms with Crippen LogP contribution in [0.5, 0.6) is 5.75 Å². The molecule has 4 rings (SSSR count). The number of nitrogens with zero attached hydrogens (tertiary/aromatic N) is 3. The van der Waals surface area contributed by atoms with Crippen molar-refractivity contribution in [2.75, 3.05) is 25.0 Å². The number of likely N-dealkylation sites (tertiary alicyclic amines) is 1. The Morgan fingerprint density at radius 1 is 1.33 bits per heavy atom. The maximum atomic E-state index is 12.6. The number of rotatable bonds is 7. The van der Waals surface area contributed by atoms with Gasteiger partial charge in [0, 0.05) is 25.4 Å². The van der Waals surface area contributed by atoms with Gasteiger partial charge in [0.25, 0.3) is 0 Å². The zero-order chi connectivity index (χ0) is 18.6. The van der Waals surface area contributed by atoms with Gasteiger partial charge in [-0.3, -0.25) is 0 Å². The Morgan fingerprint density at radius 2 is 2.19 bits per heavy atom. The summed E-state index contributed by atoms with van der Waals surface area (Å²) >= 11 is 0. The fraction of sp³-hybridized carbons (Fsp3) is 0.550. The molecule has 27 heavy (non-hydrogen) atoms. The smallest absolute Gasteiger partial charge is 0.321 e. The molecule has 1 aromatic carbocycles. The van der Waals surface area contributed by atoms with E-state index in [-0.39, 0.29) is 6.03 Å². The summed E-state index contributed by atoms with van der Waals surface area (Å²) in [6.07, 6.45) is 5.13. The van der Waals surface area contributed by atoms with Crippen molar-refractivity contribution in [3.05, 3.63) is 36.0 Å². The van der Waals surface area contributed by atoms with Crippen LogP contribution < -0.4 is 10.1 Å².